The van der Waals surface area contributed by atoms with Gasteiger partial charge in [0.25, 0.3) is 0 Å². The van der Waals surface area contributed by atoms with Crippen molar-refractivity contribution in [3.05, 3.63) is 60.4 Å². The molecule has 2 aliphatic heterocycles. The molecule has 1 amide bonds. The maximum atomic E-state index is 12.6. The SMILES string of the molecule is O=C(CCCc1ccccc1)N1CCC(N2CCC(Oc3ccncc3)CC2)CC1. The summed E-state index contributed by atoms with van der Waals surface area (Å²) in [4.78, 5) is 21.3. The van der Waals surface area contributed by atoms with Gasteiger partial charge >= 0.3 is 0 Å². The molecule has 1 aromatic heterocycles. The van der Waals surface area contributed by atoms with E-state index in [1.54, 1.807) is 12.4 Å². The van der Waals surface area contributed by atoms with Crippen LogP contribution >= 0.6 is 0 Å². The summed E-state index contributed by atoms with van der Waals surface area (Å²) < 4.78 is 6.09. The fourth-order valence-corrected chi connectivity index (χ4v) is 4.69. The topological polar surface area (TPSA) is 45.7 Å². The van der Waals surface area contributed by atoms with Crippen molar-refractivity contribution in [2.45, 2.75) is 57.1 Å². The number of amides is 1. The molecule has 1 aromatic carbocycles. The van der Waals surface area contributed by atoms with Crippen LogP contribution in [0.1, 0.15) is 44.1 Å². The molecular formula is C25H33N3O2. The zero-order chi connectivity index (χ0) is 20.6. The number of rotatable bonds is 7. The first kappa shape index (κ1) is 20.9. The predicted molar refractivity (Wildman–Crippen MR) is 118 cm³/mol. The summed E-state index contributed by atoms with van der Waals surface area (Å²) in [6.07, 6.45) is 10.8. The molecule has 2 aliphatic rings. The normalized spacial score (nSPS) is 19.0. The zero-order valence-electron chi connectivity index (χ0n) is 17.8. The highest BCUT2D eigenvalue weighted by Gasteiger charge is 2.30. The smallest absolute Gasteiger partial charge is 0.222 e. The van der Waals surface area contributed by atoms with Crippen LogP contribution in [-0.2, 0) is 11.2 Å². The molecule has 4 rings (SSSR count). The van der Waals surface area contributed by atoms with Crippen molar-refractivity contribution in [3.63, 3.8) is 0 Å². The minimum Gasteiger partial charge on any atom is -0.490 e. The van der Waals surface area contributed by atoms with Crippen LogP contribution in [0.4, 0.5) is 0 Å². The first-order valence-corrected chi connectivity index (χ1v) is 11.4. The number of carbonyl (C=O) groups excluding carboxylic acids is 1. The van der Waals surface area contributed by atoms with Crippen molar-refractivity contribution >= 4 is 5.91 Å². The van der Waals surface area contributed by atoms with Gasteiger partial charge in [0, 0.05) is 51.0 Å². The van der Waals surface area contributed by atoms with Crippen LogP contribution in [0.3, 0.4) is 0 Å². The lowest BCUT2D eigenvalue weighted by Crippen LogP contribution is -2.50. The first-order valence-electron chi connectivity index (χ1n) is 11.4. The van der Waals surface area contributed by atoms with E-state index in [0.717, 1.165) is 70.5 Å². The van der Waals surface area contributed by atoms with Gasteiger partial charge in [0.15, 0.2) is 0 Å². The predicted octanol–water partition coefficient (Wildman–Crippen LogP) is 3.94. The Kier molecular flexibility index (Phi) is 7.35. The number of benzene rings is 1. The molecule has 0 radical (unpaired) electrons. The van der Waals surface area contributed by atoms with Crippen molar-refractivity contribution < 1.29 is 9.53 Å². The molecule has 2 fully saturated rings. The van der Waals surface area contributed by atoms with E-state index in [1.807, 2.05) is 18.2 Å². The Morgan fingerprint density at radius 3 is 2.33 bits per heavy atom. The van der Waals surface area contributed by atoms with E-state index < -0.39 is 0 Å². The van der Waals surface area contributed by atoms with Crippen LogP contribution in [0.25, 0.3) is 0 Å². The van der Waals surface area contributed by atoms with Crippen molar-refractivity contribution in [2.75, 3.05) is 26.2 Å². The van der Waals surface area contributed by atoms with Crippen LogP contribution in [0.2, 0.25) is 0 Å². The van der Waals surface area contributed by atoms with E-state index in [0.29, 0.717) is 24.5 Å². The second kappa shape index (κ2) is 10.6. The van der Waals surface area contributed by atoms with Gasteiger partial charge in [0.1, 0.15) is 11.9 Å². The maximum absolute atomic E-state index is 12.6. The molecule has 0 unspecified atom stereocenters. The van der Waals surface area contributed by atoms with Crippen LogP contribution in [0.15, 0.2) is 54.9 Å². The monoisotopic (exact) mass is 407 g/mol. The maximum Gasteiger partial charge on any atom is 0.222 e. The number of likely N-dealkylation sites (tertiary alicyclic amines) is 2. The number of hydrogen-bond acceptors (Lipinski definition) is 4. The summed E-state index contributed by atoms with van der Waals surface area (Å²) in [7, 11) is 0. The molecule has 160 valence electrons. The zero-order valence-corrected chi connectivity index (χ0v) is 17.8. The summed E-state index contributed by atoms with van der Waals surface area (Å²) in [6.45, 7) is 3.99. The van der Waals surface area contributed by atoms with Crippen molar-refractivity contribution in [2.24, 2.45) is 0 Å². The number of hydrogen-bond donors (Lipinski definition) is 0. The third-order valence-corrected chi connectivity index (χ3v) is 6.46. The lowest BCUT2D eigenvalue weighted by molar-refractivity contribution is -0.133. The minimum atomic E-state index is 0.301. The molecule has 2 aromatic rings. The van der Waals surface area contributed by atoms with Crippen molar-refractivity contribution in [1.82, 2.24) is 14.8 Å². The molecule has 0 bridgehead atoms. The Hall–Kier alpha value is -2.40. The molecule has 0 atom stereocenters. The minimum absolute atomic E-state index is 0.301. The number of aromatic nitrogens is 1. The quantitative estimate of drug-likeness (QED) is 0.697. The molecule has 0 spiro atoms. The molecule has 0 saturated carbocycles. The van der Waals surface area contributed by atoms with Gasteiger partial charge in [-0.2, -0.15) is 0 Å². The van der Waals surface area contributed by atoms with Gasteiger partial charge < -0.3 is 9.64 Å². The van der Waals surface area contributed by atoms with Gasteiger partial charge in [-0.25, -0.2) is 0 Å². The Balaban J connectivity index is 1.14. The number of pyridine rings is 1. The van der Waals surface area contributed by atoms with Gasteiger partial charge in [-0.15, -0.1) is 0 Å². The number of piperidine rings is 2. The number of carbonyl (C=O) groups is 1. The van der Waals surface area contributed by atoms with Gasteiger partial charge in [-0.05, 0) is 56.2 Å². The van der Waals surface area contributed by atoms with Gasteiger partial charge in [-0.3, -0.25) is 14.7 Å². The highest BCUT2D eigenvalue weighted by atomic mass is 16.5. The van der Waals surface area contributed by atoms with Crippen LogP contribution in [0, 0.1) is 0 Å². The van der Waals surface area contributed by atoms with Crippen molar-refractivity contribution in [1.29, 1.82) is 0 Å². The van der Waals surface area contributed by atoms with Crippen LogP contribution < -0.4 is 4.74 Å². The fraction of sp³-hybridized carbons (Fsp3) is 0.520. The molecule has 2 saturated heterocycles. The number of aryl methyl sites for hydroxylation is 1. The Morgan fingerprint density at radius 1 is 0.933 bits per heavy atom. The van der Waals surface area contributed by atoms with Crippen LogP contribution in [0.5, 0.6) is 5.75 Å². The van der Waals surface area contributed by atoms with E-state index in [2.05, 4.69) is 39.0 Å². The average Bonchev–Trinajstić information content (AvgIpc) is 2.81. The summed E-state index contributed by atoms with van der Waals surface area (Å²) in [5.41, 5.74) is 1.32. The summed E-state index contributed by atoms with van der Waals surface area (Å²) in [5.74, 6) is 1.25. The number of ether oxygens (including phenoxy) is 1. The second-order valence-electron chi connectivity index (χ2n) is 8.49. The molecule has 30 heavy (non-hydrogen) atoms. The molecule has 0 N–H and O–H groups in total. The van der Waals surface area contributed by atoms with Crippen LogP contribution in [-0.4, -0.2) is 59.0 Å². The molecule has 5 nitrogen and oxygen atoms in total. The largest absolute Gasteiger partial charge is 0.490 e. The van der Waals surface area contributed by atoms with E-state index >= 15 is 0 Å². The first-order chi connectivity index (χ1) is 14.8. The van der Waals surface area contributed by atoms with Gasteiger partial charge in [-0.1, -0.05) is 30.3 Å². The highest BCUT2D eigenvalue weighted by molar-refractivity contribution is 5.76. The third-order valence-electron chi connectivity index (χ3n) is 6.46. The fourth-order valence-electron chi connectivity index (χ4n) is 4.69. The summed E-state index contributed by atoms with van der Waals surface area (Å²) in [5, 5.41) is 0. The molecular weight excluding hydrogens is 374 g/mol. The van der Waals surface area contributed by atoms with Gasteiger partial charge in [0.2, 0.25) is 5.91 Å². The Labute approximate surface area is 180 Å². The summed E-state index contributed by atoms with van der Waals surface area (Å²) >= 11 is 0. The second-order valence-corrected chi connectivity index (χ2v) is 8.49. The highest BCUT2D eigenvalue weighted by Crippen LogP contribution is 2.24. The summed E-state index contributed by atoms with van der Waals surface area (Å²) in [6, 6.07) is 14.9. The molecule has 3 heterocycles. The van der Waals surface area contributed by atoms with Crippen molar-refractivity contribution in [3.8, 4) is 5.75 Å². The van der Waals surface area contributed by atoms with E-state index in [-0.39, 0.29) is 0 Å². The lowest BCUT2D eigenvalue weighted by atomic mass is 9.98. The number of nitrogens with zero attached hydrogens (tertiary/aromatic N) is 3. The Bertz CT molecular complexity index is 767. The van der Waals surface area contributed by atoms with Gasteiger partial charge in [0.05, 0.1) is 0 Å². The standard InChI is InChI=1S/C25H33N3O2/c29-25(8-4-7-21-5-2-1-3-6-21)28-17-11-22(12-18-28)27-19-13-24(14-20-27)30-23-9-15-26-16-10-23/h1-3,5-6,9-10,15-16,22,24H,4,7-8,11-14,17-20H2. The third kappa shape index (κ3) is 5.82. The van der Waals surface area contributed by atoms with E-state index in [4.69, 9.17) is 4.74 Å². The van der Waals surface area contributed by atoms with E-state index in [9.17, 15) is 4.79 Å². The average molecular weight is 408 g/mol. The van der Waals surface area contributed by atoms with E-state index in [1.165, 1.54) is 5.56 Å². The lowest BCUT2D eigenvalue weighted by Gasteiger charge is -2.41. The Morgan fingerprint density at radius 2 is 1.63 bits per heavy atom. The molecule has 0 aliphatic carbocycles. The molecule has 5 heteroatoms.